The molecule has 1 N–H and O–H groups in total. The Labute approximate surface area is 180 Å². The Morgan fingerprint density at radius 3 is 2.90 bits per heavy atom. The van der Waals surface area contributed by atoms with Gasteiger partial charge in [-0.1, -0.05) is 4.49 Å². The molecule has 0 bridgehead atoms. The van der Waals surface area contributed by atoms with Crippen molar-refractivity contribution in [3.8, 4) is 17.7 Å². The third-order valence-electron chi connectivity index (χ3n) is 4.79. The van der Waals surface area contributed by atoms with Gasteiger partial charge in [-0.2, -0.15) is 10.2 Å². The highest BCUT2D eigenvalue weighted by Gasteiger charge is 2.30. The fourth-order valence-corrected chi connectivity index (χ4v) is 3.83. The summed E-state index contributed by atoms with van der Waals surface area (Å²) < 4.78 is 19.7. The molecule has 1 fully saturated rings. The molecule has 0 aromatic carbocycles. The van der Waals surface area contributed by atoms with Gasteiger partial charge in [0.05, 0.1) is 12.9 Å². The molecular weight excluding hydrogens is 424 g/mol. The maximum Gasteiger partial charge on any atom is 0.362 e. The van der Waals surface area contributed by atoms with Crippen molar-refractivity contribution in [2.24, 2.45) is 5.92 Å². The number of hydrogen-bond acceptors (Lipinski definition) is 11. The minimum Gasteiger partial charge on any atom is -0.461 e. The second-order valence-corrected chi connectivity index (χ2v) is 7.44. The van der Waals surface area contributed by atoms with Crippen LogP contribution in [0, 0.1) is 17.2 Å². The van der Waals surface area contributed by atoms with Crippen molar-refractivity contribution < 1.29 is 23.2 Å². The Bertz CT molecular complexity index is 1110. The Morgan fingerprint density at radius 2 is 2.23 bits per heavy atom. The number of nitrogens with one attached hydrogen (secondary N) is 1. The molecular formula is C19H18N6O5S. The van der Waals surface area contributed by atoms with Crippen LogP contribution in [0.5, 0.6) is 0 Å². The zero-order valence-electron chi connectivity index (χ0n) is 16.5. The van der Waals surface area contributed by atoms with Gasteiger partial charge in [0.15, 0.2) is 10.8 Å². The van der Waals surface area contributed by atoms with Gasteiger partial charge in [-0.3, -0.25) is 4.79 Å². The summed E-state index contributed by atoms with van der Waals surface area (Å²) in [6.07, 6.45) is 2.57. The average Bonchev–Trinajstić information content (AvgIpc) is 3.53. The van der Waals surface area contributed by atoms with E-state index in [1.54, 1.807) is 19.1 Å². The number of esters is 1. The molecule has 0 spiro atoms. The summed E-state index contributed by atoms with van der Waals surface area (Å²) in [4.78, 5) is 30.7. The molecule has 160 valence electrons. The van der Waals surface area contributed by atoms with E-state index in [1.165, 1.54) is 6.26 Å². The van der Waals surface area contributed by atoms with E-state index in [1.807, 2.05) is 11.0 Å². The molecule has 0 atom stereocenters. The number of ether oxygens (including phenoxy) is 1. The first kappa shape index (κ1) is 20.5. The Hall–Kier alpha value is -3.72. The minimum absolute atomic E-state index is 0.00316. The normalized spacial score (nSPS) is 14.3. The number of furan rings is 1. The van der Waals surface area contributed by atoms with Crippen molar-refractivity contribution in [2.75, 3.05) is 29.9 Å². The molecule has 11 nitrogen and oxygen atoms in total. The van der Waals surface area contributed by atoms with E-state index >= 15 is 0 Å². The Morgan fingerprint density at radius 1 is 1.42 bits per heavy atom. The summed E-state index contributed by atoms with van der Waals surface area (Å²) in [6.45, 7) is 2.90. The maximum atomic E-state index is 12.7. The predicted octanol–water partition coefficient (Wildman–Crippen LogP) is 2.69. The van der Waals surface area contributed by atoms with Gasteiger partial charge in [-0.05, 0) is 31.9 Å². The lowest BCUT2D eigenvalue weighted by molar-refractivity contribution is -0.120. The SMILES string of the molecule is CCOC(=O)c1nnsc1NC(=O)C1CCN(c2oc(-c3ccco3)nc2C#N)CC1. The van der Waals surface area contributed by atoms with E-state index in [2.05, 4.69) is 19.9 Å². The van der Waals surface area contributed by atoms with E-state index < -0.39 is 5.97 Å². The van der Waals surface area contributed by atoms with Crippen molar-refractivity contribution in [1.29, 1.82) is 5.26 Å². The van der Waals surface area contributed by atoms with Gasteiger partial charge in [0.1, 0.15) is 6.07 Å². The van der Waals surface area contributed by atoms with E-state index in [9.17, 15) is 14.9 Å². The summed E-state index contributed by atoms with van der Waals surface area (Å²) in [5, 5.41) is 16.2. The van der Waals surface area contributed by atoms with E-state index in [0.29, 0.717) is 37.6 Å². The molecule has 12 heteroatoms. The average molecular weight is 442 g/mol. The standard InChI is InChI=1S/C19H18N6O5S/c1-2-28-19(27)14-17(31-24-23-14)22-15(26)11-5-7-25(8-6-11)18-12(10-20)21-16(30-18)13-4-3-9-29-13/h3-4,9,11H,2,5-8H2,1H3,(H,22,26). The van der Waals surface area contributed by atoms with E-state index in [-0.39, 0.29) is 40.7 Å². The van der Waals surface area contributed by atoms with Gasteiger partial charge in [0.25, 0.3) is 5.89 Å². The van der Waals surface area contributed by atoms with Crippen LogP contribution in [0.1, 0.15) is 35.9 Å². The summed E-state index contributed by atoms with van der Waals surface area (Å²) in [7, 11) is 0. The Kier molecular flexibility index (Phi) is 5.94. The van der Waals surface area contributed by atoms with Gasteiger partial charge < -0.3 is 23.8 Å². The fourth-order valence-electron chi connectivity index (χ4n) is 3.27. The lowest BCUT2D eigenvalue weighted by Crippen LogP contribution is -2.38. The number of nitrogens with zero attached hydrogens (tertiary/aromatic N) is 5. The third-order valence-corrected chi connectivity index (χ3v) is 5.43. The van der Waals surface area contributed by atoms with Crippen molar-refractivity contribution in [3.05, 3.63) is 29.8 Å². The number of rotatable bonds is 6. The van der Waals surface area contributed by atoms with Crippen LogP contribution in [0.2, 0.25) is 0 Å². The fraction of sp³-hybridized carbons (Fsp3) is 0.368. The van der Waals surface area contributed by atoms with Crippen LogP contribution in [-0.2, 0) is 9.53 Å². The quantitative estimate of drug-likeness (QED) is 0.565. The number of amides is 1. The van der Waals surface area contributed by atoms with Crippen LogP contribution in [-0.4, -0.2) is 46.1 Å². The second-order valence-electron chi connectivity index (χ2n) is 6.68. The molecule has 4 heterocycles. The number of anilines is 2. The van der Waals surface area contributed by atoms with Gasteiger partial charge in [0, 0.05) is 30.5 Å². The molecule has 4 rings (SSSR count). The highest BCUT2D eigenvalue weighted by molar-refractivity contribution is 7.10. The molecule has 31 heavy (non-hydrogen) atoms. The topological polar surface area (TPSA) is 147 Å². The first-order chi connectivity index (χ1) is 15.1. The van der Waals surface area contributed by atoms with Crippen LogP contribution < -0.4 is 10.2 Å². The van der Waals surface area contributed by atoms with Crippen molar-refractivity contribution in [1.82, 2.24) is 14.6 Å². The van der Waals surface area contributed by atoms with Gasteiger partial charge in [-0.15, -0.1) is 5.10 Å². The van der Waals surface area contributed by atoms with Gasteiger partial charge in [-0.25, -0.2) is 4.79 Å². The van der Waals surface area contributed by atoms with Crippen molar-refractivity contribution in [3.63, 3.8) is 0 Å². The maximum absolute atomic E-state index is 12.7. The summed E-state index contributed by atoms with van der Waals surface area (Å²) in [5.41, 5.74) is 0.174. The number of aromatic nitrogens is 3. The molecule has 0 aliphatic carbocycles. The first-order valence-electron chi connectivity index (χ1n) is 9.60. The zero-order valence-corrected chi connectivity index (χ0v) is 17.3. The molecule has 0 saturated carbocycles. The van der Waals surface area contributed by atoms with E-state index in [0.717, 1.165) is 11.5 Å². The number of piperidine rings is 1. The number of nitriles is 1. The van der Waals surface area contributed by atoms with Crippen molar-refractivity contribution in [2.45, 2.75) is 19.8 Å². The molecule has 0 unspecified atom stereocenters. The smallest absolute Gasteiger partial charge is 0.362 e. The van der Waals surface area contributed by atoms with Gasteiger partial charge >= 0.3 is 5.97 Å². The summed E-state index contributed by atoms with van der Waals surface area (Å²) in [5.74, 6) is -0.0720. The van der Waals surface area contributed by atoms with Crippen LogP contribution in [0.3, 0.4) is 0 Å². The number of carbonyl (C=O) groups excluding carboxylic acids is 2. The number of oxazole rings is 1. The number of hydrogen-bond donors (Lipinski definition) is 1. The molecule has 3 aromatic heterocycles. The number of carbonyl (C=O) groups is 2. The molecule has 1 aliphatic rings. The van der Waals surface area contributed by atoms with Gasteiger partial charge in [0.2, 0.25) is 23.2 Å². The monoisotopic (exact) mass is 442 g/mol. The lowest BCUT2D eigenvalue weighted by atomic mass is 9.96. The van der Waals surface area contributed by atoms with Crippen LogP contribution in [0.15, 0.2) is 27.2 Å². The second kappa shape index (κ2) is 8.97. The molecule has 1 amide bonds. The molecule has 1 saturated heterocycles. The highest BCUT2D eigenvalue weighted by atomic mass is 32.1. The summed E-state index contributed by atoms with van der Waals surface area (Å²) in [6, 6.07) is 5.45. The predicted molar refractivity (Wildman–Crippen MR) is 108 cm³/mol. The first-order valence-corrected chi connectivity index (χ1v) is 10.4. The molecule has 3 aromatic rings. The third kappa shape index (κ3) is 4.26. The van der Waals surface area contributed by atoms with E-state index in [4.69, 9.17) is 13.6 Å². The lowest BCUT2D eigenvalue weighted by Gasteiger charge is -2.30. The van der Waals surface area contributed by atoms with Crippen LogP contribution >= 0.6 is 11.5 Å². The van der Waals surface area contributed by atoms with Crippen LogP contribution in [0.25, 0.3) is 11.7 Å². The molecule has 0 radical (unpaired) electrons. The summed E-state index contributed by atoms with van der Waals surface area (Å²) >= 11 is 0.927. The zero-order chi connectivity index (χ0) is 21.8. The van der Waals surface area contributed by atoms with Crippen LogP contribution in [0.4, 0.5) is 10.9 Å². The highest BCUT2D eigenvalue weighted by Crippen LogP contribution is 2.31. The minimum atomic E-state index is -0.622. The van der Waals surface area contributed by atoms with Crippen molar-refractivity contribution >= 4 is 34.3 Å². The molecule has 1 aliphatic heterocycles. The largest absolute Gasteiger partial charge is 0.461 e. The Balaban J connectivity index is 1.39.